The Bertz CT molecular complexity index is 592. The highest BCUT2D eigenvalue weighted by molar-refractivity contribution is 5.98. The number of aryl methyl sites for hydroxylation is 1. The van der Waals surface area contributed by atoms with Gasteiger partial charge in [-0.05, 0) is 56.5 Å². The van der Waals surface area contributed by atoms with E-state index in [2.05, 4.69) is 16.0 Å². The standard InChI is InChI=1S/C17H23N3O2/c1-10-3-4-12(17(22)19-14-5-6-14)7-15(10)20-16(21)11(2)13-8-18-9-13/h3-4,7,11,13-14,18H,5-6,8-9H2,1-2H3,(H,19,22)(H,20,21). The highest BCUT2D eigenvalue weighted by Gasteiger charge is 2.29. The number of nitrogens with one attached hydrogen (secondary N) is 3. The van der Waals surface area contributed by atoms with Crippen molar-refractivity contribution < 1.29 is 9.59 Å². The predicted octanol–water partition coefficient (Wildman–Crippen LogP) is 1.68. The monoisotopic (exact) mass is 301 g/mol. The van der Waals surface area contributed by atoms with Crippen molar-refractivity contribution in [3.63, 3.8) is 0 Å². The van der Waals surface area contributed by atoms with Crippen LogP contribution in [0.2, 0.25) is 0 Å². The first-order chi connectivity index (χ1) is 10.5. The van der Waals surface area contributed by atoms with Gasteiger partial charge in [0.1, 0.15) is 0 Å². The van der Waals surface area contributed by atoms with E-state index in [0.717, 1.165) is 37.2 Å². The van der Waals surface area contributed by atoms with Gasteiger partial charge in [-0.1, -0.05) is 13.0 Å². The van der Waals surface area contributed by atoms with Crippen LogP contribution in [0.5, 0.6) is 0 Å². The van der Waals surface area contributed by atoms with E-state index in [1.54, 1.807) is 6.07 Å². The van der Waals surface area contributed by atoms with Crippen LogP contribution in [-0.2, 0) is 4.79 Å². The molecule has 1 aromatic rings. The number of carbonyl (C=O) groups is 2. The molecule has 0 aromatic heterocycles. The van der Waals surface area contributed by atoms with Crippen LogP contribution < -0.4 is 16.0 Å². The average Bonchev–Trinajstić information content (AvgIpc) is 3.23. The van der Waals surface area contributed by atoms with Crippen molar-refractivity contribution in [2.75, 3.05) is 18.4 Å². The van der Waals surface area contributed by atoms with E-state index in [1.807, 2.05) is 26.0 Å². The second-order valence-electron chi connectivity index (χ2n) is 6.47. The van der Waals surface area contributed by atoms with Crippen LogP contribution in [0.4, 0.5) is 5.69 Å². The number of amides is 2. The van der Waals surface area contributed by atoms with Gasteiger partial charge in [-0.25, -0.2) is 0 Å². The van der Waals surface area contributed by atoms with Crippen LogP contribution >= 0.6 is 0 Å². The lowest BCUT2D eigenvalue weighted by Gasteiger charge is -2.31. The zero-order chi connectivity index (χ0) is 15.7. The summed E-state index contributed by atoms with van der Waals surface area (Å²) in [6, 6.07) is 5.80. The molecule has 1 aliphatic carbocycles. The van der Waals surface area contributed by atoms with Gasteiger partial charge in [0, 0.05) is 23.2 Å². The Hall–Kier alpha value is -1.88. The number of hydrogen-bond acceptors (Lipinski definition) is 3. The molecule has 1 aromatic carbocycles. The topological polar surface area (TPSA) is 70.2 Å². The number of benzene rings is 1. The zero-order valence-corrected chi connectivity index (χ0v) is 13.1. The minimum absolute atomic E-state index is 0.0225. The smallest absolute Gasteiger partial charge is 0.251 e. The van der Waals surface area contributed by atoms with E-state index in [9.17, 15) is 9.59 Å². The maximum atomic E-state index is 12.3. The summed E-state index contributed by atoms with van der Waals surface area (Å²) in [6.45, 7) is 5.70. The molecule has 0 spiro atoms. The number of carbonyl (C=O) groups excluding carboxylic acids is 2. The van der Waals surface area contributed by atoms with E-state index in [4.69, 9.17) is 0 Å². The highest BCUT2D eigenvalue weighted by atomic mass is 16.2. The first-order valence-corrected chi connectivity index (χ1v) is 7.97. The SMILES string of the molecule is Cc1ccc(C(=O)NC2CC2)cc1NC(=O)C(C)C1CNC1. The minimum Gasteiger partial charge on any atom is -0.349 e. The quantitative estimate of drug-likeness (QED) is 0.775. The average molecular weight is 301 g/mol. The van der Waals surface area contributed by atoms with Gasteiger partial charge in [-0.15, -0.1) is 0 Å². The molecule has 5 nitrogen and oxygen atoms in total. The van der Waals surface area contributed by atoms with Crippen LogP contribution in [0.3, 0.4) is 0 Å². The van der Waals surface area contributed by atoms with Crippen LogP contribution in [0.25, 0.3) is 0 Å². The van der Waals surface area contributed by atoms with E-state index in [-0.39, 0.29) is 17.7 Å². The Morgan fingerprint density at radius 2 is 2.00 bits per heavy atom. The van der Waals surface area contributed by atoms with Gasteiger partial charge < -0.3 is 16.0 Å². The molecule has 3 N–H and O–H groups in total. The third kappa shape index (κ3) is 3.30. The summed E-state index contributed by atoms with van der Waals surface area (Å²) < 4.78 is 0. The lowest BCUT2D eigenvalue weighted by molar-refractivity contribution is -0.121. The molecule has 0 radical (unpaired) electrons. The Kier molecular flexibility index (Phi) is 4.16. The molecule has 1 unspecified atom stereocenters. The molecule has 1 saturated carbocycles. The normalized spacial score (nSPS) is 19.2. The van der Waals surface area contributed by atoms with Gasteiger partial charge in [0.2, 0.25) is 5.91 Å². The van der Waals surface area contributed by atoms with E-state index in [0.29, 0.717) is 17.5 Å². The Labute approximate surface area is 130 Å². The fourth-order valence-corrected chi connectivity index (χ4v) is 2.52. The van der Waals surface area contributed by atoms with Crippen molar-refractivity contribution in [2.45, 2.75) is 32.7 Å². The Balaban J connectivity index is 1.68. The molecule has 1 atom stereocenters. The third-order valence-corrected chi connectivity index (χ3v) is 4.60. The summed E-state index contributed by atoms with van der Waals surface area (Å²) in [7, 11) is 0. The van der Waals surface area contributed by atoms with E-state index < -0.39 is 0 Å². The lowest BCUT2D eigenvalue weighted by atomic mass is 9.88. The summed E-state index contributed by atoms with van der Waals surface area (Å²) >= 11 is 0. The first kappa shape index (κ1) is 15.0. The molecule has 2 aliphatic rings. The van der Waals surface area contributed by atoms with Crippen molar-refractivity contribution in [1.82, 2.24) is 10.6 Å². The zero-order valence-electron chi connectivity index (χ0n) is 13.1. The van der Waals surface area contributed by atoms with Gasteiger partial charge in [-0.2, -0.15) is 0 Å². The molecule has 2 fully saturated rings. The fourth-order valence-electron chi connectivity index (χ4n) is 2.52. The third-order valence-electron chi connectivity index (χ3n) is 4.60. The van der Waals surface area contributed by atoms with Gasteiger partial charge in [-0.3, -0.25) is 9.59 Å². The van der Waals surface area contributed by atoms with Crippen molar-refractivity contribution >= 4 is 17.5 Å². The molecule has 3 rings (SSSR count). The summed E-state index contributed by atoms with van der Waals surface area (Å²) in [5.41, 5.74) is 2.30. The van der Waals surface area contributed by atoms with Crippen molar-refractivity contribution in [3.8, 4) is 0 Å². The summed E-state index contributed by atoms with van der Waals surface area (Å²) in [6.07, 6.45) is 2.13. The van der Waals surface area contributed by atoms with Crippen molar-refractivity contribution in [3.05, 3.63) is 29.3 Å². The molecule has 118 valence electrons. The summed E-state index contributed by atoms with van der Waals surface area (Å²) in [5.74, 6) is 0.342. The van der Waals surface area contributed by atoms with Crippen molar-refractivity contribution in [1.29, 1.82) is 0 Å². The van der Waals surface area contributed by atoms with E-state index >= 15 is 0 Å². The Morgan fingerprint density at radius 1 is 1.27 bits per heavy atom. The largest absolute Gasteiger partial charge is 0.349 e. The van der Waals surface area contributed by atoms with Gasteiger partial charge in [0.05, 0.1) is 0 Å². The number of anilines is 1. The van der Waals surface area contributed by atoms with E-state index in [1.165, 1.54) is 0 Å². The molecule has 1 saturated heterocycles. The molecule has 5 heteroatoms. The number of hydrogen-bond donors (Lipinski definition) is 3. The molecule has 2 amide bonds. The molecular formula is C17H23N3O2. The van der Waals surface area contributed by atoms with Crippen LogP contribution in [0.15, 0.2) is 18.2 Å². The van der Waals surface area contributed by atoms with Crippen LogP contribution in [0.1, 0.15) is 35.7 Å². The molecule has 0 bridgehead atoms. The fraction of sp³-hybridized carbons (Fsp3) is 0.529. The summed E-state index contributed by atoms with van der Waals surface area (Å²) in [5, 5.41) is 9.13. The van der Waals surface area contributed by atoms with Gasteiger partial charge in [0.25, 0.3) is 5.91 Å². The highest BCUT2D eigenvalue weighted by Crippen LogP contribution is 2.23. The second kappa shape index (κ2) is 6.08. The van der Waals surface area contributed by atoms with Gasteiger partial charge in [0.15, 0.2) is 0 Å². The first-order valence-electron chi connectivity index (χ1n) is 7.97. The molecule has 22 heavy (non-hydrogen) atoms. The lowest BCUT2D eigenvalue weighted by Crippen LogP contribution is -2.48. The van der Waals surface area contributed by atoms with Crippen LogP contribution in [-0.4, -0.2) is 30.9 Å². The van der Waals surface area contributed by atoms with Gasteiger partial charge >= 0.3 is 0 Å². The number of rotatable bonds is 5. The second-order valence-corrected chi connectivity index (χ2v) is 6.47. The van der Waals surface area contributed by atoms with Crippen LogP contribution in [0, 0.1) is 18.8 Å². The van der Waals surface area contributed by atoms with Crippen molar-refractivity contribution in [2.24, 2.45) is 11.8 Å². The minimum atomic E-state index is -0.0609. The molecular weight excluding hydrogens is 278 g/mol. The Morgan fingerprint density at radius 3 is 2.59 bits per heavy atom. The molecule has 1 heterocycles. The summed E-state index contributed by atoms with van der Waals surface area (Å²) in [4.78, 5) is 24.4. The maximum Gasteiger partial charge on any atom is 0.251 e. The predicted molar refractivity (Wildman–Crippen MR) is 85.8 cm³/mol. The molecule has 1 aliphatic heterocycles. The maximum absolute atomic E-state index is 12.3.